The van der Waals surface area contributed by atoms with Crippen LogP contribution in [0.15, 0.2) is 48.5 Å². The lowest BCUT2D eigenvalue weighted by Gasteiger charge is -2.28. The Balaban J connectivity index is 1.42. The number of alkyl halides is 5. The molecule has 4 atom stereocenters. The van der Waals surface area contributed by atoms with E-state index in [1.54, 1.807) is 0 Å². The molecule has 0 aromatic heterocycles. The van der Waals surface area contributed by atoms with Gasteiger partial charge in [0.1, 0.15) is 0 Å². The minimum absolute atomic E-state index is 0.0584. The molecule has 1 aliphatic heterocycles. The van der Waals surface area contributed by atoms with Crippen LogP contribution >= 0.6 is 23.2 Å². The number of para-hydroxylation sites is 1. The van der Waals surface area contributed by atoms with Gasteiger partial charge in [-0.3, -0.25) is 19.3 Å². The number of hydrogen-bond donors (Lipinski definition) is 1. The summed E-state index contributed by atoms with van der Waals surface area (Å²) in [6.45, 7) is -0.852. The zero-order valence-electron chi connectivity index (χ0n) is 18.4. The number of rotatable bonds is 5. The van der Waals surface area contributed by atoms with Gasteiger partial charge in [-0.2, -0.15) is 13.2 Å². The van der Waals surface area contributed by atoms with Crippen molar-refractivity contribution in [1.29, 1.82) is 0 Å². The first kappa shape index (κ1) is 26.0. The largest absolute Gasteiger partial charge is 0.452 e. The molecule has 1 heterocycles. The molecule has 3 amide bonds. The van der Waals surface area contributed by atoms with Crippen molar-refractivity contribution in [2.75, 3.05) is 16.8 Å². The van der Waals surface area contributed by atoms with Gasteiger partial charge in [-0.25, -0.2) is 4.79 Å². The van der Waals surface area contributed by atoms with E-state index in [1.165, 1.54) is 36.4 Å². The maximum atomic E-state index is 13.1. The van der Waals surface area contributed by atoms with Crippen LogP contribution in [0.2, 0.25) is 0 Å². The number of anilines is 2. The third-order valence-electron chi connectivity index (χ3n) is 6.09. The van der Waals surface area contributed by atoms with E-state index in [0.717, 1.165) is 17.0 Å². The molecule has 7 nitrogen and oxygen atoms in total. The number of esters is 1. The third-order valence-corrected chi connectivity index (χ3v) is 7.19. The summed E-state index contributed by atoms with van der Waals surface area (Å²) < 4.78 is 44.2. The van der Waals surface area contributed by atoms with E-state index in [1.807, 2.05) is 0 Å². The molecule has 1 saturated heterocycles. The molecule has 0 bridgehead atoms. The van der Waals surface area contributed by atoms with E-state index < -0.39 is 70.3 Å². The van der Waals surface area contributed by atoms with Gasteiger partial charge in [-0.15, -0.1) is 23.2 Å². The highest BCUT2D eigenvalue weighted by atomic mass is 35.5. The van der Waals surface area contributed by atoms with Crippen LogP contribution in [-0.4, -0.2) is 41.1 Å². The summed E-state index contributed by atoms with van der Waals surface area (Å²) in [6.07, 6.45) is -4.16. The number of benzene rings is 2. The lowest BCUT2D eigenvalue weighted by Crippen LogP contribution is -2.34. The molecule has 2 aromatic carbocycles. The molecular weight excluding hydrogens is 524 g/mol. The van der Waals surface area contributed by atoms with Crippen LogP contribution in [0.4, 0.5) is 24.5 Å². The van der Waals surface area contributed by atoms with Crippen LogP contribution in [-0.2, 0) is 25.3 Å². The van der Waals surface area contributed by atoms with E-state index in [2.05, 4.69) is 5.32 Å². The molecule has 0 radical (unpaired) electrons. The second-order valence-corrected chi connectivity index (χ2v) is 9.57. The first-order valence-corrected chi connectivity index (χ1v) is 11.7. The Morgan fingerprint density at radius 3 is 2.19 bits per heavy atom. The van der Waals surface area contributed by atoms with Gasteiger partial charge in [0.05, 0.1) is 45.1 Å². The van der Waals surface area contributed by atoms with Gasteiger partial charge in [-0.05, 0) is 43.2 Å². The Morgan fingerprint density at radius 2 is 1.58 bits per heavy atom. The number of carbonyl (C=O) groups is 4. The second kappa shape index (κ2) is 10.1. The predicted octanol–water partition coefficient (Wildman–Crippen LogP) is 4.62. The normalized spacial score (nSPS) is 23.9. The predicted molar refractivity (Wildman–Crippen MR) is 125 cm³/mol. The lowest BCUT2D eigenvalue weighted by molar-refractivity contribution is -0.137. The van der Waals surface area contributed by atoms with Crippen LogP contribution < -0.4 is 10.2 Å². The average molecular weight is 543 g/mol. The van der Waals surface area contributed by atoms with E-state index in [4.69, 9.17) is 27.9 Å². The van der Waals surface area contributed by atoms with Crippen LogP contribution in [0.5, 0.6) is 0 Å². The van der Waals surface area contributed by atoms with Crippen molar-refractivity contribution >= 4 is 58.3 Å². The maximum Gasteiger partial charge on any atom is 0.418 e. The Labute approximate surface area is 213 Å². The third kappa shape index (κ3) is 5.19. The number of halogens is 5. The molecule has 0 unspecified atom stereocenters. The Kier molecular flexibility index (Phi) is 7.28. The molecular formula is C24H19Cl2F3N2O5. The molecule has 2 fully saturated rings. The molecule has 2 aliphatic rings. The fourth-order valence-electron chi connectivity index (χ4n) is 4.36. The van der Waals surface area contributed by atoms with Crippen LogP contribution in [0.25, 0.3) is 0 Å². The van der Waals surface area contributed by atoms with Crippen molar-refractivity contribution in [2.24, 2.45) is 11.8 Å². The summed E-state index contributed by atoms with van der Waals surface area (Å²) >= 11 is 12.4. The number of ether oxygens (including phenoxy) is 1. The minimum atomic E-state index is -4.68. The molecule has 2 aromatic rings. The van der Waals surface area contributed by atoms with Crippen LogP contribution in [0, 0.1) is 11.8 Å². The fourth-order valence-corrected chi connectivity index (χ4v) is 4.95. The molecule has 36 heavy (non-hydrogen) atoms. The molecule has 1 aliphatic carbocycles. The molecule has 4 rings (SSSR count). The average Bonchev–Trinajstić information content (AvgIpc) is 3.06. The Bertz CT molecular complexity index is 1190. The van der Waals surface area contributed by atoms with Gasteiger partial charge in [-0.1, -0.05) is 18.2 Å². The number of nitrogens with one attached hydrogen (secondary N) is 1. The van der Waals surface area contributed by atoms with Crippen molar-refractivity contribution in [3.63, 3.8) is 0 Å². The van der Waals surface area contributed by atoms with Gasteiger partial charge in [0.25, 0.3) is 5.91 Å². The first-order valence-electron chi connectivity index (χ1n) is 10.9. The van der Waals surface area contributed by atoms with Crippen molar-refractivity contribution < 1.29 is 37.1 Å². The number of fused-ring (bicyclic) bond motifs is 1. The standard InChI is InChI=1S/C24H19Cl2F3N2O5/c25-17-9-14-15(10-18(17)26)22(34)31(21(14)33)13-5-3-4-12(8-13)23(35)36-11-20(32)30-19-7-2-1-6-16(19)24(27,28)29/h1-8,14-15,17-18H,9-11H2,(H,30,32)/t14-,15-,17+,18+/m1/s1. The summed E-state index contributed by atoms with van der Waals surface area (Å²) in [6, 6.07) is 9.91. The molecule has 1 saturated carbocycles. The smallest absolute Gasteiger partial charge is 0.418 e. The molecule has 0 spiro atoms. The van der Waals surface area contributed by atoms with Gasteiger partial charge >= 0.3 is 12.1 Å². The van der Waals surface area contributed by atoms with Crippen molar-refractivity contribution in [3.05, 3.63) is 59.7 Å². The van der Waals surface area contributed by atoms with Crippen molar-refractivity contribution in [2.45, 2.75) is 29.8 Å². The number of hydrogen-bond acceptors (Lipinski definition) is 5. The number of imide groups is 1. The summed E-state index contributed by atoms with van der Waals surface area (Å²) in [5, 5.41) is 1.18. The fraction of sp³-hybridized carbons (Fsp3) is 0.333. The topological polar surface area (TPSA) is 92.8 Å². The van der Waals surface area contributed by atoms with E-state index in [9.17, 15) is 32.3 Å². The molecule has 12 heteroatoms. The second-order valence-electron chi connectivity index (χ2n) is 8.45. The van der Waals surface area contributed by atoms with Crippen LogP contribution in [0.3, 0.4) is 0 Å². The highest BCUT2D eigenvalue weighted by molar-refractivity contribution is 6.31. The molecule has 1 N–H and O–H groups in total. The monoisotopic (exact) mass is 542 g/mol. The van der Waals surface area contributed by atoms with E-state index >= 15 is 0 Å². The first-order chi connectivity index (χ1) is 17.0. The maximum absolute atomic E-state index is 13.1. The van der Waals surface area contributed by atoms with Crippen LogP contribution in [0.1, 0.15) is 28.8 Å². The highest BCUT2D eigenvalue weighted by Gasteiger charge is 2.52. The lowest BCUT2D eigenvalue weighted by atomic mass is 9.80. The summed E-state index contributed by atoms with van der Waals surface area (Å²) in [5.74, 6) is -4.02. The summed E-state index contributed by atoms with van der Waals surface area (Å²) in [5.41, 5.74) is -1.43. The highest BCUT2D eigenvalue weighted by Crippen LogP contribution is 2.43. The SMILES string of the molecule is O=C(COC(=O)c1cccc(N2C(=O)[C@@H]3C[C@H](Cl)[C@@H](Cl)C[C@H]3C2=O)c1)Nc1ccccc1C(F)(F)F. The summed E-state index contributed by atoms with van der Waals surface area (Å²) in [4.78, 5) is 51.4. The van der Waals surface area contributed by atoms with Crippen molar-refractivity contribution in [3.8, 4) is 0 Å². The van der Waals surface area contributed by atoms with Gasteiger partial charge in [0.2, 0.25) is 11.8 Å². The van der Waals surface area contributed by atoms with Crippen molar-refractivity contribution in [1.82, 2.24) is 0 Å². The Morgan fingerprint density at radius 1 is 0.972 bits per heavy atom. The van der Waals surface area contributed by atoms with Gasteiger partial charge in [0.15, 0.2) is 6.61 Å². The zero-order chi connectivity index (χ0) is 26.2. The Hall–Kier alpha value is -3.11. The minimum Gasteiger partial charge on any atom is -0.452 e. The van der Waals surface area contributed by atoms with E-state index in [0.29, 0.717) is 0 Å². The van der Waals surface area contributed by atoms with Gasteiger partial charge < -0.3 is 10.1 Å². The zero-order valence-corrected chi connectivity index (χ0v) is 19.9. The molecule has 190 valence electrons. The number of carbonyl (C=O) groups excluding carboxylic acids is 4. The quantitative estimate of drug-likeness (QED) is 0.338. The van der Waals surface area contributed by atoms with Gasteiger partial charge in [0, 0.05) is 0 Å². The van der Waals surface area contributed by atoms with E-state index in [-0.39, 0.29) is 24.1 Å². The number of nitrogens with zero attached hydrogens (tertiary/aromatic N) is 1. The summed E-state index contributed by atoms with van der Waals surface area (Å²) in [7, 11) is 0. The number of amides is 3.